The maximum absolute atomic E-state index is 12.2. The van der Waals surface area contributed by atoms with E-state index in [1.807, 2.05) is 0 Å². The Balaban J connectivity index is 2.10. The van der Waals surface area contributed by atoms with Crippen LogP contribution in [0.15, 0.2) is 30.6 Å². The number of aromatic nitrogens is 2. The molecule has 0 aromatic carbocycles. The first-order chi connectivity index (χ1) is 11.7. The maximum atomic E-state index is 12.2. The molecule has 0 aliphatic carbocycles. The van der Waals surface area contributed by atoms with E-state index in [1.165, 1.54) is 18.5 Å². The van der Waals surface area contributed by atoms with E-state index in [-0.39, 0.29) is 11.3 Å². The fraction of sp³-hybridized carbons (Fsp3) is 0.267. The smallest absolute Gasteiger partial charge is 0.426 e. The highest BCUT2D eigenvalue weighted by atomic mass is 16.7. The average Bonchev–Trinajstić information content (AvgIpc) is 2.83. The molecular formula is C15H18N4O6. The zero-order chi connectivity index (χ0) is 18.6. The zero-order valence-electron chi connectivity index (χ0n) is 13.8. The first-order valence-corrected chi connectivity index (χ1v) is 7.19. The number of rotatable bonds is 4. The summed E-state index contributed by atoms with van der Waals surface area (Å²) in [5.41, 5.74) is 4.25. The van der Waals surface area contributed by atoms with Gasteiger partial charge in [0.15, 0.2) is 0 Å². The van der Waals surface area contributed by atoms with Crippen molar-refractivity contribution in [3.8, 4) is 11.8 Å². The fourth-order valence-corrected chi connectivity index (χ4v) is 1.72. The molecule has 0 aliphatic rings. The van der Waals surface area contributed by atoms with Crippen molar-refractivity contribution in [3.05, 3.63) is 36.2 Å². The molecule has 0 unspecified atom stereocenters. The minimum absolute atomic E-state index is 0.0499. The number of carbonyl (C=O) groups is 2. The van der Waals surface area contributed by atoms with Crippen molar-refractivity contribution in [1.29, 1.82) is 0 Å². The number of anilines is 1. The van der Waals surface area contributed by atoms with Gasteiger partial charge in [0.2, 0.25) is 11.8 Å². The number of hydrazine groups is 1. The van der Waals surface area contributed by atoms with Crippen molar-refractivity contribution in [1.82, 2.24) is 15.1 Å². The molecule has 0 saturated carbocycles. The Labute approximate surface area is 142 Å². The Morgan fingerprint density at radius 2 is 1.80 bits per heavy atom. The van der Waals surface area contributed by atoms with E-state index in [0.29, 0.717) is 4.73 Å². The molecule has 1 amide bonds. The summed E-state index contributed by atoms with van der Waals surface area (Å²) >= 11 is 0. The summed E-state index contributed by atoms with van der Waals surface area (Å²) in [4.78, 5) is 32.6. The van der Waals surface area contributed by atoms with Crippen LogP contribution in [0.25, 0.3) is 0 Å². The standard InChI is InChI=1S/C15H18N4O6/c1-15(2,3)24-14(23)18-17-10-6-7-16-8-9(10)13(22)25-19-11(20)4-5-12(19)21/h4-8,20-21H,1-3H3,(H,16,17)(H,18,23). The van der Waals surface area contributed by atoms with E-state index in [9.17, 15) is 19.8 Å². The van der Waals surface area contributed by atoms with Crippen LogP contribution >= 0.6 is 0 Å². The number of carbonyl (C=O) groups excluding carboxylic acids is 2. The molecule has 0 radical (unpaired) electrons. The third kappa shape index (κ3) is 4.77. The lowest BCUT2D eigenvalue weighted by molar-refractivity contribution is 0.0381. The topological polar surface area (TPSA) is 135 Å². The summed E-state index contributed by atoms with van der Waals surface area (Å²) in [6.45, 7) is 5.12. The number of amides is 1. The third-order valence-corrected chi connectivity index (χ3v) is 2.71. The van der Waals surface area contributed by atoms with E-state index < -0.39 is 29.4 Å². The minimum atomic E-state index is -0.927. The molecule has 134 valence electrons. The molecule has 2 aromatic heterocycles. The van der Waals surface area contributed by atoms with Crippen LogP contribution in [-0.4, -0.2) is 37.6 Å². The third-order valence-electron chi connectivity index (χ3n) is 2.71. The molecule has 2 rings (SSSR count). The van der Waals surface area contributed by atoms with Gasteiger partial charge in [-0.2, -0.15) is 0 Å². The van der Waals surface area contributed by atoms with Gasteiger partial charge in [0.1, 0.15) is 11.2 Å². The maximum Gasteiger partial charge on any atom is 0.426 e. The average molecular weight is 350 g/mol. The summed E-state index contributed by atoms with van der Waals surface area (Å²) in [7, 11) is 0. The van der Waals surface area contributed by atoms with Crippen LogP contribution in [0.1, 0.15) is 31.1 Å². The predicted molar refractivity (Wildman–Crippen MR) is 85.9 cm³/mol. The van der Waals surface area contributed by atoms with Crippen molar-refractivity contribution in [2.45, 2.75) is 26.4 Å². The van der Waals surface area contributed by atoms with E-state index in [1.54, 1.807) is 20.8 Å². The quantitative estimate of drug-likeness (QED) is 0.608. The molecule has 10 nitrogen and oxygen atoms in total. The van der Waals surface area contributed by atoms with Crippen LogP contribution in [0.3, 0.4) is 0 Å². The first kappa shape index (κ1) is 17.9. The summed E-state index contributed by atoms with van der Waals surface area (Å²) in [5, 5.41) is 19.0. The Morgan fingerprint density at radius 1 is 1.16 bits per heavy atom. The fourth-order valence-electron chi connectivity index (χ4n) is 1.72. The first-order valence-electron chi connectivity index (χ1n) is 7.19. The second kappa shape index (κ2) is 6.99. The summed E-state index contributed by atoms with van der Waals surface area (Å²) in [6.07, 6.45) is 1.84. The van der Waals surface area contributed by atoms with Crippen LogP contribution in [0, 0.1) is 0 Å². The summed E-state index contributed by atoms with van der Waals surface area (Å²) in [6, 6.07) is 3.72. The van der Waals surface area contributed by atoms with Crippen molar-refractivity contribution >= 4 is 17.7 Å². The number of pyridine rings is 1. The van der Waals surface area contributed by atoms with Crippen LogP contribution in [0.5, 0.6) is 11.8 Å². The Hall–Kier alpha value is -3.43. The monoisotopic (exact) mass is 350 g/mol. The van der Waals surface area contributed by atoms with Gasteiger partial charge in [-0.15, -0.1) is 4.73 Å². The predicted octanol–water partition coefficient (Wildman–Crippen LogP) is 1.41. The van der Waals surface area contributed by atoms with Gasteiger partial charge in [0, 0.05) is 24.5 Å². The molecule has 2 heterocycles. The number of hydrogen-bond acceptors (Lipinski definition) is 8. The Morgan fingerprint density at radius 3 is 2.40 bits per heavy atom. The molecule has 0 atom stereocenters. The van der Waals surface area contributed by atoms with Gasteiger partial charge in [-0.25, -0.2) is 15.0 Å². The molecule has 0 bridgehead atoms. The van der Waals surface area contributed by atoms with Gasteiger partial charge in [-0.05, 0) is 26.8 Å². The Bertz CT molecular complexity index is 761. The summed E-state index contributed by atoms with van der Waals surface area (Å²) < 4.78 is 5.60. The number of nitrogens with zero attached hydrogens (tertiary/aromatic N) is 2. The van der Waals surface area contributed by atoms with Gasteiger partial charge >= 0.3 is 12.1 Å². The normalized spacial score (nSPS) is 10.8. The van der Waals surface area contributed by atoms with E-state index >= 15 is 0 Å². The number of aromatic hydroxyl groups is 2. The lowest BCUT2D eigenvalue weighted by atomic mass is 10.2. The van der Waals surface area contributed by atoms with Gasteiger partial charge in [0.25, 0.3) is 0 Å². The molecule has 0 aliphatic heterocycles. The van der Waals surface area contributed by atoms with E-state index in [0.717, 1.165) is 12.1 Å². The van der Waals surface area contributed by atoms with E-state index in [4.69, 9.17) is 9.57 Å². The van der Waals surface area contributed by atoms with Crippen LogP contribution < -0.4 is 15.7 Å². The molecule has 25 heavy (non-hydrogen) atoms. The lowest BCUT2D eigenvalue weighted by Crippen LogP contribution is -2.36. The molecule has 0 spiro atoms. The number of ether oxygens (including phenoxy) is 1. The van der Waals surface area contributed by atoms with Crippen molar-refractivity contribution in [2.24, 2.45) is 0 Å². The van der Waals surface area contributed by atoms with Crippen molar-refractivity contribution in [3.63, 3.8) is 0 Å². The second-order valence-electron chi connectivity index (χ2n) is 5.90. The van der Waals surface area contributed by atoms with E-state index in [2.05, 4.69) is 15.8 Å². The Kier molecular flexibility index (Phi) is 5.01. The minimum Gasteiger partial charge on any atom is -0.492 e. The highest BCUT2D eigenvalue weighted by molar-refractivity contribution is 5.95. The van der Waals surface area contributed by atoms with Crippen LogP contribution in [0.4, 0.5) is 10.5 Å². The van der Waals surface area contributed by atoms with Crippen molar-refractivity contribution < 1.29 is 29.4 Å². The second-order valence-corrected chi connectivity index (χ2v) is 5.90. The molecular weight excluding hydrogens is 332 g/mol. The zero-order valence-corrected chi connectivity index (χ0v) is 13.8. The van der Waals surface area contributed by atoms with Crippen molar-refractivity contribution in [2.75, 3.05) is 5.43 Å². The largest absolute Gasteiger partial charge is 0.492 e. The molecule has 0 saturated heterocycles. The SMILES string of the molecule is CC(C)(C)OC(=O)NNc1ccncc1C(=O)On1c(O)ccc1O. The number of hydrogen-bond donors (Lipinski definition) is 4. The van der Waals surface area contributed by atoms with Gasteiger partial charge in [-0.3, -0.25) is 10.4 Å². The summed E-state index contributed by atoms with van der Waals surface area (Å²) in [5.74, 6) is -1.85. The lowest BCUT2D eigenvalue weighted by Gasteiger charge is -2.20. The van der Waals surface area contributed by atoms with Gasteiger partial charge in [0.05, 0.1) is 5.69 Å². The van der Waals surface area contributed by atoms with Crippen LogP contribution in [-0.2, 0) is 4.74 Å². The highest BCUT2D eigenvalue weighted by Gasteiger charge is 2.19. The van der Waals surface area contributed by atoms with Gasteiger partial charge < -0.3 is 19.8 Å². The molecule has 4 N–H and O–H groups in total. The van der Waals surface area contributed by atoms with Gasteiger partial charge in [-0.1, -0.05) is 0 Å². The van der Waals surface area contributed by atoms with Crippen LogP contribution in [0.2, 0.25) is 0 Å². The molecule has 0 fully saturated rings. The number of nitrogens with one attached hydrogen (secondary N) is 2. The highest BCUT2D eigenvalue weighted by Crippen LogP contribution is 2.20. The molecule has 2 aromatic rings. The molecule has 10 heteroatoms.